The summed E-state index contributed by atoms with van der Waals surface area (Å²) in [6, 6.07) is 13.1. The van der Waals surface area contributed by atoms with Crippen LogP contribution in [0.4, 0.5) is 29.6 Å². The van der Waals surface area contributed by atoms with E-state index in [1.54, 1.807) is 66.2 Å². The first-order valence-corrected chi connectivity index (χ1v) is 25.0. The van der Waals surface area contributed by atoms with Gasteiger partial charge in [0, 0.05) is 83.2 Å². The van der Waals surface area contributed by atoms with Crippen LogP contribution in [0.3, 0.4) is 0 Å². The molecule has 6 heterocycles. The van der Waals surface area contributed by atoms with Gasteiger partial charge in [-0.25, -0.2) is 31.4 Å². The summed E-state index contributed by atoms with van der Waals surface area (Å²) in [7, 11) is -0.607. The molecular formula is C48H52F3N9O9S. The van der Waals surface area contributed by atoms with Gasteiger partial charge >= 0.3 is 6.03 Å². The zero-order valence-corrected chi connectivity index (χ0v) is 39.8. The van der Waals surface area contributed by atoms with Crippen LogP contribution in [0.5, 0.6) is 23.0 Å². The minimum Gasteiger partial charge on any atom is -0.493 e. The first kappa shape index (κ1) is 48.3. The maximum Gasteiger partial charge on any atom is 0.329 e. The Morgan fingerprint density at radius 2 is 1.66 bits per heavy atom. The fourth-order valence-electron chi connectivity index (χ4n) is 9.79. The van der Waals surface area contributed by atoms with Crippen molar-refractivity contribution >= 4 is 56.1 Å². The molecular weight excluding hydrogens is 936 g/mol. The second-order valence-electron chi connectivity index (χ2n) is 17.9. The SMILES string of the molecule is CCOc1cc([C@@H](CS(C)(=O)=O)N2C(=O)c3ccnc(N4CCN([C@H]5CCN(CCc6ccc(Oc7cc8c(cc7F)c(N7CCC(=O)NC7=O)nn8C)cc6)CC5(F)F)CC4)c3C2=O)ccc1OC. The third-order valence-electron chi connectivity index (χ3n) is 13.2. The second kappa shape index (κ2) is 19.2. The van der Waals surface area contributed by atoms with E-state index in [0.717, 1.165) is 16.7 Å². The molecule has 22 heteroatoms. The third-order valence-corrected chi connectivity index (χ3v) is 14.1. The first-order chi connectivity index (χ1) is 33.4. The molecule has 9 rings (SSSR count). The van der Waals surface area contributed by atoms with Gasteiger partial charge in [0.2, 0.25) is 5.91 Å². The Hall–Kier alpha value is -6.78. The molecule has 5 amide bonds. The maximum atomic E-state index is 16.0. The Labute approximate surface area is 401 Å². The number of aromatic nitrogens is 3. The quantitative estimate of drug-likeness (QED) is 0.135. The van der Waals surface area contributed by atoms with Crippen LogP contribution in [0.25, 0.3) is 10.9 Å². The molecule has 0 spiro atoms. The van der Waals surface area contributed by atoms with Crippen molar-refractivity contribution in [2.75, 3.05) is 87.9 Å². The first-order valence-electron chi connectivity index (χ1n) is 22.9. The van der Waals surface area contributed by atoms with Crippen LogP contribution in [0, 0.1) is 5.82 Å². The molecule has 18 nitrogen and oxygen atoms in total. The smallest absolute Gasteiger partial charge is 0.329 e. The van der Waals surface area contributed by atoms with Crippen LogP contribution >= 0.6 is 0 Å². The number of fused-ring (bicyclic) bond motifs is 2. The van der Waals surface area contributed by atoms with E-state index in [2.05, 4.69) is 15.4 Å². The number of methoxy groups -OCH3 is 1. The number of hydrogen-bond acceptors (Lipinski definition) is 14. The lowest BCUT2D eigenvalue weighted by Gasteiger charge is -2.46. The number of benzene rings is 3. The van der Waals surface area contributed by atoms with Gasteiger partial charge in [0.25, 0.3) is 17.7 Å². The highest BCUT2D eigenvalue weighted by molar-refractivity contribution is 7.90. The predicted octanol–water partition coefficient (Wildman–Crippen LogP) is 5.21. The average molecular weight is 988 g/mol. The van der Waals surface area contributed by atoms with Gasteiger partial charge in [-0.05, 0) is 67.3 Å². The number of ether oxygens (including phenoxy) is 3. The number of amides is 5. The molecule has 5 aromatic rings. The minimum absolute atomic E-state index is 0.0393. The predicted molar refractivity (Wildman–Crippen MR) is 251 cm³/mol. The average Bonchev–Trinajstić information content (AvgIpc) is 3.77. The number of rotatable bonds is 15. The van der Waals surface area contributed by atoms with E-state index in [9.17, 15) is 27.6 Å². The summed E-state index contributed by atoms with van der Waals surface area (Å²) in [5.41, 5.74) is 1.87. The van der Waals surface area contributed by atoms with Crippen molar-refractivity contribution in [1.29, 1.82) is 0 Å². The molecule has 0 saturated carbocycles. The number of imide groups is 2. The van der Waals surface area contributed by atoms with E-state index in [1.165, 1.54) is 41.1 Å². The van der Waals surface area contributed by atoms with Crippen LogP contribution in [0.15, 0.2) is 66.9 Å². The molecule has 4 aliphatic rings. The number of piperazine rings is 1. The second-order valence-corrected chi connectivity index (χ2v) is 20.0. The molecule has 0 radical (unpaired) electrons. The van der Waals surface area contributed by atoms with E-state index >= 15 is 13.2 Å². The Morgan fingerprint density at radius 1 is 0.900 bits per heavy atom. The van der Waals surface area contributed by atoms with Gasteiger partial charge in [0.05, 0.1) is 54.7 Å². The van der Waals surface area contributed by atoms with E-state index < -0.39 is 69.7 Å². The highest BCUT2D eigenvalue weighted by Gasteiger charge is 2.49. The third kappa shape index (κ3) is 9.58. The molecule has 2 atom stereocenters. The molecule has 370 valence electrons. The van der Waals surface area contributed by atoms with Crippen molar-refractivity contribution in [3.8, 4) is 23.0 Å². The Bertz CT molecular complexity index is 2980. The number of anilines is 2. The van der Waals surface area contributed by atoms with Gasteiger partial charge < -0.3 is 19.1 Å². The van der Waals surface area contributed by atoms with Crippen molar-refractivity contribution in [2.45, 2.75) is 44.2 Å². The summed E-state index contributed by atoms with van der Waals surface area (Å²) >= 11 is 0. The van der Waals surface area contributed by atoms with Crippen molar-refractivity contribution in [3.63, 3.8) is 0 Å². The van der Waals surface area contributed by atoms with Crippen molar-refractivity contribution in [1.82, 2.24) is 34.8 Å². The van der Waals surface area contributed by atoms with E-state index in [4.69, 9.17) is 14.2 Å². The number of carbonyl (C=O) groups excluding carboxylic acids is 4. The number of nitrogens with zero attached hydrogens (tertiary/aromatic N) is 8. The molecule has 3 saturated heterocycles. The minimum atomic E-state index is -3.73. The van der Waals surface area contributed by atoms with Gasteiger partial charge in [-0.3, -0.25) is 44.0 Å². The molecule has 4 aliphatic heterocycles. The number of urea groups is 1. The number of piperidine rings is 1. The van der Waals surface area contributed by atoms with E-state index in [-0.39, 0.29) is 80.7 Å². The van der Waals surface area contributed by atoms with Crippen LogP contribution in [-0.4, -0.2) is 152 Å². The summed E-state index contributed by atoms with van der Waals surface area (Å²) in [6.45, 7) is 3.64. The summed E-state index contributed by atoms with van der Waals surface area (Å²) in [5, 5.41) is 7.02. The van der Waals surface area contributed by atoms with Crippen molar-refractivity contribution in [2.24, 2.45) is 7.05 Å². The number of carbonyl (C=O) groups is 4. The van der Waals surface area contributed by atoms with Crippen LogP contribution in [0.2, 0.25) is 0 Å². The lowest BCUT2D eigenvalue weighted by Crippen LogP contribution is -2.62. The van der Waals surface area contributed by atoms with Gasteiger partial charge in [0.1, 0.15) is 21.4 Å². The van der Waals surface area contributed by atoms with Crippen molar-refractivity contribution < 1.29 is 55.0 Å². The summed E-state index contributed by atoms with van der Waals surface area (Å²) < 4.78 is 91.4. The number of likely N-dealkylation sites (tertiary alicyclic amines) is 1. The highest BCUT2D eigenvalue weighted by Crippen LogP contribution is 2.40. The van der Waals surface area contributed by atoms with Crippen LogP contribution < -0.4 is 29.3 Å². The number of aryl methyl sites for hydroxylation is 1. The molecule has 70 heavy (non-hydrogen) atoms. The number of sulfone groups is 1. The molecule has 2 aromatic heterocycles. The van der Waals surface area contributed by atoms with Gasteiger partial charge in [-0.1, -0.05) is 18.2 Å². The normalized spacial score (nSPS) is 19.4. The summed E-state index contributed by atoms with van der Waals surface area (Å²) in [5.74, 6) is -4.51. The van der Waals surface area contributed by atoms with Crippen LogP contribution in [-0.2, 0) is 28.1 Å². The molecule has 0 unspecified atom stereocenters. The molecule has 3 fully saturated rings. The standard InChI is InChI=1S/C48H52F3N9O9S/c1-5-68-39-24-30(8-11-37(39)67-3)36(27-70(4,65)66)60-45(62)32-12-16-52-44(42(32)46(60)63)58-22-20-57(21-23-58)40-14-18-56(28-48(40,50)51)17-13-29-6-9-31(10-7-29)69-38-26-35-33(25-34(38)49)43(54-55(35)2)59-19-15-41(61)53-47(59)64/h6-12,16,24-26,36,40H,5,13-15,17-23,27-28H2,1-4H3,(H,53,61,64)/t36-,40+/m1/s1. The lowest BCUT2D eigenvalue weighted by molar-refractivity contribution is -0.127. The topological polar surface area (TPSA) is 189 Å². The number of alkyl halides is 2. The Morgan fingerprint density at radius 3 is 2.34 bits per heavy atom. The fourth-order valence-corrected chi connectivity index (χ4v) is 10.7. The zero-order chi connectivity index (χ0) is 49.6. The zero-order valence-electron chi connectivity index (χ0n) is 39.0. The van der Waals surface area contributed by atoms with Gasteiger partial charge in [-0.2, -0.15) is 5.10 Å². The molecule has 0 aliphatic carbocycles. The number of pyridine rings is 1. The molecule has 0 bridgehead atoms. The summed E-state index contributed by atoms with van der Waals surface area (Å²) in [4.78, 5) is 64.5. The van der Waals surface area contributed by atoms with Crippen molar-refractivity contribution in [3.05, 3.63) is 94.9 Å². The number of nitrogens with one attached hydrogen (secondary N) is 1. The number of halogens is 3. The van der Waals surface area contributed by atoms with Crippen LogP contribution in [0.1, 0.15) is 57.7 Å². The molecule has 1 N–H and O–H groups in total. The van der Waals surface area contributed by atoms with Gasteiger partial charge in [-0.15, -0.1) is 0 Å². The van der Waals surface area contributed by atoms with E-state index in [0.29, 0.717) is 53.2 Å². The fraction of sp³-hybridized carbons (Fsp3) is 0.417. The van der Waals surface area contributed by atoms with E-state index in [1.807, 2.05) is 4.90 Å². The Balaban J connectivity index is 0.800. The summed E-state index contributed by atoms with van der Waals surface area (Å²) in [6.07, 6.45) is 3.27. The molecule has 3 aromatic carbocycles. The van der Waals surface area contributed by atoms with Gasteiger partial charge in [0.15, 0.2) is 28.9 Å². The maximum absolute atomic E-state index is 16.0. The monoisotopic (exact) mass is 987 g/mol. The largest absolute Gasteiger partial charge is 0.493 e. The number of hydrogen-bond donors (Lipinski definition) is 1. The Kier molecular flexibility index (Phi) is 13.2. The highest BCUT2D eigenvalue weighted by atomic mass is 32.2. The lowest BCUT2D eigenvalue weighted by atomic mass is 9.97.